The number of nitrogens with one attached hydrogen (secondary N) is 1. The summed E-state index contributed by atoms with van der Waals surface area (Å²) < 4.78 is 6.24. The van der Waals surface area contributed by atoms with Crippen molar-refractivity contribution in [2.24, 2.45) is 5.92 Å². The lowest BCUT2D eigenvalue weighted by Crippen LogP contribution is -2.21. The van der Waals surface area contributed by atoms with Gasteiger partial charge in [-0.05, 0) is 30.7 Å². The maximum atomic E-state index is 6.24. The fraction of sp³-hybridized carbons (Fsp3) is 0.368. The van der Waals surface area contributed by atoms with Crippen molar-refractivity contribution >= 4 is 0 Å². The van der Waals surface area contributed by atoms with Gasteiger partial charge in [-0.1, -0.05) is 62.4 Å². The first-order valence-corrected chi connectivity index (χ1v) is 7.91. The standard InChI is InChI=1S/C17H19NO.C2H6/c1-3-7-14(8-4-1)17(15-11-12-18-13-15)19-16-9-5-2-6-10-16;1-2/h1-10,15,17-18H,11-13H2;1-2H3. The molecule has 21 heavy (non-hydrogen) atoms. The summed E-state index contributed by atoms with van der Waals surface area (Å²) in [5, 5.41) is 3.43. The molecule has 1 fully saturated rings. The molecule has 0 amide bonds. The highest BCUT2D eigenvalue weighted by Gasteiger charge is 2.27. The van der Waals surface area contributed by atoms with Crippen molar-refractivity contribution in [1.29, 1.82) is 0 Å². The average Bonchev–Trinajstić information content (AvgIpc) is 3.10. The van der Waals surface area contributed by atoms with E-state index in [1.54, 1.807) is 0 Å². The molecule has 2 aromatic carbocycles. The Kier molecular flexibility index (Phi) is 6.29. The van der Waals surface area contributed by atoms with Crippen LogP contribution < -0.4 is 10.1 Å². The number of ether oxygens (including phenoxy) is 1. The van der Waals surface area contributed by atoms with Gasteiger partial charge in [0.25, 0.3) is 0 Å². The molecule has 0 aliphatic carbocycles. The van der Waals surface area contributed by atoms with E-state index in [0.29, 0.717) is 5.92 Å². The van der Waals surface area contributed by atoms with Gasteiger partial charge in [-0.3, -0.25) is 0 Å². The monoisotopic (exact) mass is 283 g/mol. The third-order valence-electron chi connectivity index (χ3n) is 3.66. The molecular weight excluding hydrogens is 258 g/mol. The highest BCUT2D eigenvalue weighted by molar-refractivity contribution is 5.25. The van der Waals surface area contributed by atoms with E-state index < -0.39 is 0 Å². The van der Waals surface area contributed by atoms with Gasteiger partial charge in [-0.15, -0.1) is 0 Å². The van der Waals surface area contributed by atoms with Crippen molar-refractivity contribution in [3.8, 4) is 5.75 Å². The van der Waals surface area contributed by atoms with Crippen LogP contribution in [0.2, 0.25) is 0 Å². The van der Waals surface area contributed by atoms with Crippen LogP contribution in [-0.2, 0) is 0 Å². The molecule has 2 atom stereocenters. The molecule has 1 saturated heterocycles. The molecule has 0 aromatic heterocycles. The summed E-state index contributed by atoms with van der Waals surface area (Å²) in [6.07, 6.45) is 1.31. The summed E-state index contributed by atoms with van der Waals surface area (Å²) in [6, 6.07) is 20.6. The SMILES string of the molecule is CC.c1ccc(OC(c2ccccc2)C2CCNC2)cc1. The van der Waals surface area contributed by atoms with Gasteiger partial charge in [0.05, 0.1) is 0 Å². The lowest BCUT2D eigenvalue weighted by molar-refractivity contribution is 0.144. The quantitative estimate of drug-likeness (QED) is 0.895. The topological polar surface area (TPSA) is 21.3 Å². The van der Waals surface area contributed by atoms with Crippen LogP contribution in [0.15, 0.2) is 60.7 Å². The van der Waals surface area contributed by atoms with Crippen LogP contribution in [0.25, 0.3) is 0 Å². The lowest BCUT2D eigenvalue weighted by Gasteiger charge is -2.24. The second kappa shape index (κ2) is 8.48. The minimum Gasteiger partial charge on any atom is -0.485 e. The molecule has 2 nitrogen and oxygen atoms in total. The summed E-state index contributed by atoms with van der Waals surface area (Å²) in [7, 11) is 0. The van der Waals surface area contributed by atoms with Crippen molar-refractivity contribution < 1.29 is 4.74 Å². The number of benzene rings is 2. The van der Waals surface area contributed by atoms with E-state index in [9.17, 15) is 0 Å². The molecule has 0 spiro atoms. The Labute approximate surface area is 128 Å². The minimum atomic E-state index is 0.138. The molecule has 0 radical (unpaired) electrons. The fourth-order valence-corrected chi connectivity index (χ4v) is 2.66. The van der Waals surface area contributed by atoms with Gasteiger partial charge in [0, 0.05) is 12.5 Å². The zero-order valence-corrected chi connectivity index (χ0v) is 13.0. The molecule has 1 aliphatic heterocycles. The maximum Gasteiger partial charge on any atom is 0.128 e. The van der Waals surface area contributed by atoms with Gasteiger partial charge in [0.1, 0.15) is 11.9 Å². The molecule has 2 heteroatoms. The molecule has 2 aromatic rings. The second-order valence-corrected chi connectivity index (χ2v) is 5.02. The Morgan fingerprint density at radius 3 is 2.14 bits per heavy atom. The van der Waals surface area contributed by atoms with Crippen molar-refractivity contribution in [2.75, 3.05) is 13.1 Å². The molecule has 112 valence electrons. The van der Waals surface area contributed by atoms with Crippen molar-refractivity contribution in [3.63, 3.8) is 0 Å². The predicted molar refractivity (Wildman–Crippen MR) is 88.6 cm³/mol. The van der Waals surface area contributed by atoms with E-state index in [-0.39, 0.29) is 6.10 Å². The molecule has 2 unspecified atom stereocenters. The van der Waals surface area contributed by atoms with Crippen LogP contribution in [0.4, 0.5) is 0 Å². The largest absolute Gasteiger partial charge is 0.485 e. The maximum absolute atomic E-state index is 6.24. The summed E-state index contributed by atoms with van der Waals surface area (Å²) in [6.45, 7) is 6.12. The zero-order valence-electron chi connectivity index (χ0n) is 13.0. The molecule has 1 heterocycles. The molecule has 0 bridgehead atoms. The van der Waals surface area contributed by atoms with Crippen LogP contribution in [0.1, 0.15) is 31.9 Å². The first kappa shape index (κ1) is 15.6. The number of para-hydroxylation sites is 1. The summed E-state index contributed by atoms with van der Waals surface area (Å²) in [4.78, 5) is 0. The fourth-order valence-electron chi connectivity index (χ4n) is 2.66. The van der Waals surface area contributed by atoms with Gasteiger partial charge < -0.3 is 10.1 Å². The average molecular weight is 283 g/mol. The third-order valence-corrected chi connectivity index (χ3v) is 3.66. The van der Waals surface area contributed by atoms with Crippen LogP contribution in [0, 0.1) is 5.92 Å². The zero-order chi connectivity index (χ0) is 14.9. The normalized spacial score (nSPS) is 18.5. The van der Waals surface area contributed by atoms with Crippen LogP contribution in [0.5, 0.6) is 5.75 Å². The first-order valence-electron chi connectivity index (χ1n) is 7.91. The number of rotatable bonds is 4. The number of hydrogen-bond acceptors (Lipinski definition) is 2. The minimum absolute atomic E-state index is 0.138. The van der Waals surface area contributed by atoms with Gasteiger partial charge in [0.2, 0.25) is 0 Å². The van der Waals surface area contributed by atoms with Gasteiger partial charge in [0.15, 0.2) is 0 Å². The third kappa shape index (κ3) is 4.33. The lowest BCUT2D eigenvalue weighted by atomic mass is 9.95. The van der Waals surface area contributed by atoms with Gasteiger partial charge >= 0.3 is 0 Å². The molecule has 3 rings (SSSR count). The molecule has 1 aliphatic rings. The van der Waals surface area contributed by atoms with Crippen LogP contribution in [-0.4, -0.2) is 13.1 Å². The van der Waals surface area contributed by atoms with E-state index in [1.807, 2.05) is 44.2 Å². The predicted octanol–water partition coefficient (Wildman–Crippen LogP) is 4.44. The van der Waals surface area contributed by atoms with Crippen LogP contribution in [0.3, 0.4) is 0 Å². The first-order chi connectivity index (χ1) is 10.4. The van der Waals surface area contributed by atoms with Gasteiger partial charge in [-0.2, -0.15) is 0 Å². The van der Waals surface area contributed by atoms with E-state index in [2.05, 4.69) is 35.6 Å². The van der Waals surface area contributed by atoms with Crippen molar-refractivity contribution in [1.82, 2.24) is 5.32 Å². The van der Waals surface area contributed by atoms with Crippen molar-refractivity contribution in [2.45, 2.75) is 26.4 Å². The second-order valence-electron chi connectivity index (χ2n) is 5.02. The summed E-state index contributed by atoms with van der Waals surface area (Å²) in [5.41, 5.74) is 1.26. The highest BCUT2D eigenvalue weighted by atomic mass is 16.5. The Morgan fingerprint density at radius 2 is 1.57 bits per heavy atom. The summed E-state index contributed by atoms with van der Waals surface area (Å²) in [5.74, 6) is 1.49. The van der Waals surface area contributed by atoms with E-state index in [0.717, 1.165) is 18.8 Å². The molecular formula is C19H25NO. The van der Waals surface area contributed by atoms with E-state index >= 15 is 0 Å². The van der Waals surface area contributed by atoms with E-state index in [4.69, 9.17) is 4.74 Å². The Balaban J connectivity index is 0.000000774. The number of hydrogen-bond donors (Lipinski definition) is 1. The Morgan fingerprint density at radius 1 is 0.952 bits per heavy atom. The van der Waals surface area contributed by atoms with E-state index in [1.165, 1.54) is 12.0 Å². The molecule has 0 saturated carbocycles. The van der Waals surface area contributed by atoms with Crippen LogP contribution >= 0.6 is 0 Å². The summed E-state index contributed by atoms with van der Waals surface area (Å²) >= 11 is 0. The molecule has 1 N–H and O–H groups in total. The smallest absolute Gasteiger partial charge is 0.128 e. The Hall–Kier alpha value is -1.80. The van der Waals surface area contributed by atoms with Crippen molar-refractivity contribution in [3.05, 3.63) is 66.2 Å². The Bertz CT molecular complexity index is 491. The van der Waals surface area contributed by atoms with Gasteiger partial charge in [-0.25, -0.2) is 0 Å². The highest BCUT2D eigenvalue weighted by Crippen LogP contribution is 2.31.